The molecule has 0 bridgehead atoms. The van der Waals surface area contributed by atoms with Crippen LogP contribution >= 0.6 is 23.5 Å². The molecule has 16 heteroatoms. The summed E-state index contributed by atoms with van der Waals surface area (Å²) in [6, 6.07) is 45.4. The Bertz CT molecular complexity index is 3020. The van der Waals surface area contributed by atoms with Gasteiger partial charge in [-0.2, -0.15) is 0 Å². The van der Waals surface area contributed by atoms with Crippen molar-refractivity contribution in [2.75, 3.05) is 46.0 Å². The van der Waals surface area contributed by atoms with Gasteiger partial charge in [-0.15, -0.1) is 23.5 Å². The Kier molecular flexibility index (Phi) is 22.0. The number of anilines is 4. The average Bonchev–Trinajstić information content (AvgIpc) is 3.48. The Morgan fingerprint density at radius 1 is 0.538 bits per heavy atom. The van der Waals surface area contributed by atoms with Gasteiger partial charge in [0.25, 0.3) is 11.8 Å². The highest BCUT2D eigenvalue weighted by atomic mass is 32.2. The summed E-state index contributed by atoms with van der Waals surface area (Å²) >= 11 is 3.23. The van der Waals surface area contributed by atoms with E-state index in [4.69, 9.17) is 10.2 Å². The van der Waals surface area contributed by atoms with Crippen molar-refractivity contribution in [3.05, 3.63) is 185 Å². The van der Waals surface area contributed by atoms with Crippen LogP contribution in [0.2, 0.25) is 0 Å². The van der Waals surface area contributed by atoms with Gasteiger partial charge in [-0.25, -0.2) is 9.59 Å². The van der Waals surface area contributed by atoms with E-state index in [2.05, 4.69) is 51.6 Å². The van der Waals surface area contributed by atoms with Crippen LogP contribution in [0.3, 0.4) is 0 Å². The van der Waals surface area contributed by atoms with Crippen LogP contribution in [0.4, 0.5) is 32.3 Å². The zero-order valence-corrected chi connectivity index (χ0v) is 45.8. The Hall–Kier alpha value is -7.82. The van der Waals surface area contributed by atoms with E-state index in [0.29, 0.717) is 35.8 Å². The molecule has 0 radical (unpaired) electrons. The highest BCUT2D eigenvalue weighted by Gasteiger charge is 2.22. The molecule has 0 aliphatic heterocycles. The first-order valence-corrected chi connectivity index (χ1v) is 28.8. The number of carbonyl (C=O) groups excluding carboxylic acids is 4. The summed E-state index contributed by atoms with van der Waals surface area (Å²) in [7, 11) is 0. The number of rotatable bonds is 20. The van der Waals surface area contributed by atoms with Gasteiger partial charge in [0, 0.05) is 56.8 Å². The van der Waals surface area contributed by atoms with Crippen LogP contribution in [-0.4, -0.2) is 71.6 Å². The fraction of sp³-hybridized carbons (Fsp3) is 0.290. The SMILES string of the molecule is CSc1cccc(NC(=O)N(Cc2ccc(C(=O)NCCC(=O)O)cc2)c2ccc(C3=CCCCC3)cc2)c1.CSc1cccc(NC(=O)N(Cc2ccc(C(=O)NCCC(=O)O)cc2)c2ccc(C3CCCCC3)cc2)c1. The molecule has 2 aliphatic carbocycles. The molecule has 14 nitrogen and oxygen atoms in total. The quantitative estimate of drug-likeness (QED) is 0.0400. The van der Waals surface area contributed by atoms with Crippen LogP contribution in [0, 0.1) is 0 Å². The lowest BCUT2D eigenvalue weighted by Gasteiger charge is -2.26. The minimum absolute atomic E-state index is 0.0640. The third-order valence-corrected chi connectivity index (χ3v) is 15.1. The second-order valence-corrected chi connectivity index (χ2v) is 20.9. The average molecular weight is 1090 g/mol. The lowest BCUT2D eigenvalue weighted by atomic mass is 9.84. The van der Waals surface area contributed by atoms with E-state index in [1.54, 1.807) is 57.6 Å². The van der Waals surface area contributed by atoms with Crippen molar-refractivity contribution in [1.82, 2.24) is 10.6 Å². The van der Waals surface area contributed by atoms with Crippen LogP contribution < -0.4 is 31.1 Å². The Balaban J connectivity index is 0.000000226. The zero-order chi connectivity index (χ0) is 55.2. The summed E-state index contributed by atoms with van der Waals surface area (Å²) in [4.78, 5) is 78.6. The van der Waals surface area contributed by atoms with E-state index in [0.717, 1.165) is 50.8 Å². The number of hydrogen-bond donors (Lipinski definition) is 6. The van der Waals surface area contributed by atoms with E-state index in [-0.39, 0.29) is 49.8 Å². The van der Waals surface area contributed by atoms with Crippen molar-refractivity contribution >= 4 is 87.7 Å². The van der Waals surface area contributed by atoms with Crippen molar-refractivity contribution in [3.8, 4) is 0 Å². The number of carbonyl (C=O) groups is 6. The molecule has 6 aromatic rings. The largest absolute Gasteiger partial charge is 0.481 e. The lowest BCUT2D eigenvalue weighted by Crippen LogP contribution is -2.34. The Labute approximate surface area is 465 Å². The first-order chi connectivity index (χ1) is 37.8. The number of nitrogens with one attached hydrogen (secondary N) is 4. The van der Waals surface area contributed by atoms with E-state index < -0.39 is 11.9 Å². The number of carboxylic acid groups (broad SMARTS) is 2. The van der Waals surface area contributed by atoms with E-state index >= 15 is 0 Å². The van der Waals surface area contributed by atoms with Crippen molar-refractivity contribution < 1.29 is 39.0 Å². The molecule has 0 aromatic heterocycles. The van der Waals surface area contributed by atoms with Crippen LogP contribution in [-0.2, 0) is 22.7 Å². The van der Waals surface area contributed by atoms with Crippen LogP contribution in [0.1, 0.15) is 120 Å². The number of urea groups is 2. The fourth-order valence-electron chi connectivity index (χ4n) is 9.32. The van der Waals surface area contributed by atoms with Crippen molar-refractivity contribution in [1.29, 1.82) is 0 Å². The van der Waals surface area contributed by atoms with Gasteiger partial charge < -0.3 is 31.5 Å². The van der Waals surface area contributed by atoms with Gasteiger partial charge in [0.05, 0.1) is 25.9 Å². The normalized spacial score (nSPS) is 13.1. The Morgan fingerprint density at radius 2 is 1.00 bits per heavy atom. The molecule has 6 N–H and O–H groups in total. The predicted molar refractivity (Wildman–Crippen MR) is 314 cm³/mol. The molecule has 1 saturated carbocycles. The topological polar surface area (TPSA) is 197 Å². The number of hydrogen-bond acceptors (Lipinski definition) is 8. The minimum Gasteiger partial charge on any atom is -0.481 e. The van der Waals surface area contributed by atoms with Gasteiger partial charge in [0.1, 0.15) is 0 Å². The van der Waals surface area contributed by atoms with Crippen molar-refractivity contribution in [3.63, 3.8) is 0 Å². The third-order valence-electron chi connectivity index (χ3n) is 13.6. The molecule has 0 atom stereocenters. The maximum absolute atomic E-state index is 13.5. The standard InChI is InChI=1S/C31H35N3O4S.C31H33N3O4S/c2*1-39-28-9-5-8-26(20-28)33-31(38)34(27-16-14-24(15-17-27)23-6-3-2-4-7-23)21-22-10-12-25(13-11-22)30(37)32-19-18-29(35)36/h5,8-17,20,23H,2-4,6-7,18-19,21H2,1H3,(H,32,37)(H,33,38)(H,35,36);5-6,8-17,20H,2-4,7,18-19,21H2,1H3,(H,32,37)(H,33,38)(H,35,36). The van der Waals surface area contributed by atoms with E-state index in [9.17, 15) is 28.8 Å². The Morgan fingerprint density at radius 3 is 1.42 bits per heavy atom. The molecule has 2 aliphatic rings. The first kappa shape index (κ1) is 57.9. The monoisotopic (exact) mass is 1090 g/mol. The maximum atomic E-state index is 13.5. The molecule has 78 heavy (non-hydrogen) atoms. The van der Waals surface area contributed by atoms with Crippen LogP contribution in [0.5, 0.6) is 0 Å². The molecule has 8 rings (SSSR count). The molecule has 0 unspecified atom stereocenters. The minimum atomic E-state index is -0.965. The number of amides is 6. The summed E-state index contributed by atoms with van der Waals surface area (Å²) < 4.78 is 0. The fourth-order valence-corrected chi connectivity index (χ4v) is 10.2. The number of benzene rings is 6. The van der Waals surface area contributed by atoms with Crippen LogP contribution in [0.15, 0.2) is 161 Å². The molecule has 0 saturated heterocycles. The van der Waals surface area contributed by atoms with Crippen molar-refractivity contribution in [2.45, 2.75) is 99.4 Å². The second kappa shape index (κ2) is 29.6. The molecule has 0 spiro atoms. The highest BCUT2D eigenvalue weighted by molar-refractivity contribution is 7.98. The lowest BCUT2D eigenvalue weighted by molar-refractivity contribution is -0.137. The number of aliphatic carboxylic acids is 2. The molecular formula is C62H68N6O8S2. The summed E-state index contributed by atoms with van der Waals surface area (Å²) in [5.41, 5.74) is 9.45. The van der Waals surface area contributed by atoms with Gasteiger partial charge in [0.2, 0.25) is 0 Å². The molecular weight excluding hydrogens is 1020 g/mol. The summed E-state index contributed by atoms with van der Waals surface area (Å²) in [5.74, 6) is -2.01. The predicted octanol–water partition coefficient (Wildman–Crippen LogP) is 13.7. The second-order valence-electron chi connectivity index (χ2n) is 19.1. The van der Waals surface area contributed by atoms with E-state index in [1.165, 1.54) is 61.6 Å². The van der Waals surface area contributed by atoms with Gasteiger partial charge in [0.15, 0.2) is 0 Å². The third kappa shape index (κ3) is 17.6. The molecule has 6 amide bonds. The van der Waals surface area contributed by atoms with Gasteiger partial charge >= 0.3 is 24.0 Å². The molecule has 1 fully saturated rings. The smallest absolute Gasteiger partial charge is 0.326 e. The maximum Gasteiger partial charge on any atom is 0.326 e. The number of nitrogens with zero attached hydrogens (tertiary/aromatic N) is 2. The summed E-state index contributed by atoms with van der Waals surface area (Å²) in [6.07, 6.45) is 16.9. The molecule has 6 aromatic carbocycles. The van der Waals surface area contributed by atoms with Gasteiger partial charge in [-0.1, -0.05) is 86.0 Å². The molecule has 0 heterocycles. The summed E-state index contributed by atoms with van der Waals surface area (Å²) in [5, 5.41) is 28.8. The first-order valence-electron chi connectivity index (χ1n) is 26.4. The zero-order valence-electron chi connectivity index (χ0n) is 44.2. The highest BCUT2D eigenvalue weighted by Crippen LogP contribution is 2.34. The summed E-state index contributed by atoms with van der Waals surface area (Å²) in [6.45, 7) is 0.752. The van der Waals surface area contributed by atoms with Gasteiger partial charge in [-0.05, 0) is 170 Å². The number of thioether (sulfide) groups is 2. The van der Waals surface area contributed by atoms with E-state index in [1.807, 2.05) is 110 Å². The number of allylic oxidation sites excluding steroid dienone is 2. The van der Waals surface area contributed by atoms with Crippen molar-refractivity contribution in [2.24, 2.45) is 0 Å². The molecule has 406 valence electrons. The van der Waals surface area contributed by atoms with Gasteiger partial charge in [-0.3, -0.25) is 29.0 Å². The number of carboxylic acids is 2. The van der Waals surface area contributed by atoms with Crippen LogP contribution in [0.25, 0.3) is 5.57 Å².